The number of nitrogens with zero attached hydrogens (tertiary/aromatic N) is 3. The molecule has 1 aliphatic heterocycles. The second kappa shape index (κ2) is 19.9. The molecule has 1 N–H and O–H groups in total. The Hall–Kier alpha value is -1.29. The fraction of sp³-hybridized carbons (Fsp3) is 0.911. The van der Waals surface area contributed by atoms with Crippen molar-refractivity contribution in [3.05, 3.63) is 11.9 Å². The molecule has 3 rings (SSSR count). The predicted molar refractivity (Wildman–Crippen MR) is 258 cm³/mol. The minimum atomic E-state index is -2.70. The van der Waals surface area contributed by atoms with E-state index in [1.54, 1.807) is 4.68 Å². The van der Waals surface area contributed by atoms with Crippen molar-refractivity contribution in [1.82, 2.24) is 20.3 Å². The van der Waals surface area contributed by atoms with Crippen molar-refractivity contribution in [3.8, 4) is 0 Å². The van der Waals surface area contributed by atoms with Gasteiger partial charge < -0.3 is 37.2 Å². The fourth-order valence-electron chi connectivity index (χ4n) is 7.05. The maximum Gasteiger partial charge on any atom is 0.366 e. The van der Waals surface area contributed by atoms with Gasteiger partial charge in [0.1, 0.15) is 18.8 Å². The summed E-state index contributed by atoms with van der Waals surface area (Å²) in [7, 11) is -7.43. The Morgan fingerprint density at radius 3 is 1.79 bits per heavy atom. The molecule has 17 heteroatoms. The summed E-state index contributed by atoms with van der Waals surface area (Å²) in [5.41, 5.74) is 0.925. The average Bonchev–Trinajstić information content (AvgIpc) is 3.59. The number of hydrogen-bond acceptors (Lipinski definition) is 11. The SMILES string of the molecule is COC(=O)[C@@]1(OC)C[C@H](O[Si](C)(C)C(C)(C)C)[C@@H](NC(=O)Cn2cc(C3CCCCC3)nn2)[C@H]([C@H](O[Si](C)(C)C(C)(C)C)[C@@H](CO[Si](C)(C)C(C)(C)C)O[Si](C)(C)C(C)(C)C)O1. The summed E-state index contributed by atoms with van der Waals surface area (Å²) in [5.74, 6) is -2.52. The Morgan fingerprint density at radius 2 is 1.31 bits per heavy atom. The second-order valence-electron chi connectivity index (χ2n) is 24.3. The molecule has 1 amide bonds. The van der Waals surface area contributed by atoms with Crippen molar-refractivity contribution in [2.75, 3.05) is 20.8 Å². The summed E-state index contributed by atoms with van der Waals surface area (Å²) in [4.78, 5) is 28.8. The van der Waals surface area contributed by atoms with E-state index in [0.29, 0.717) is 5.92 Å². The van der Waals surface area contributed by atoms with Crippen LogP contribution in [-0.2, 0) is 48.0 Å². The van der Waals surface area contributed by atoms with E-state index in [-0.39, 0.29) is 45.6 Å². The topological polar surface area (TPSA) is 141 Å². The Bertz CT molecular complexity index is 1640. The molecule has 0 aromatic carbocycles. The molecule has 0 unspecified atom stereocenters. The third kappa shape index (κ3) is 13.2. The minimum absolute atomic E-state index is 0.0275. The Balaban J connectivity index is 2.37. The molecule has 2 heterocycles. The number of rotatable bonds is 17. The molecule has 0 radical (unpaired) electrons. The molecule has 0 bridgehead atoms. The highest BCUT2D eigenvalue weighted by Crippen LogP contribution is 2.47. The summed E-state index contributed by atoms with van der Waals surface area (Å²) >= 11 is 0. The molecule has 360 valence electrons. The fourth-order valence-corrected chi connectivity index (χ4v) is 12.0. The molecular weight excluding hydrogens is 853 g/mol. The van der Waals surface area contributed by atoms with Gasteiger partial charge in [0.25, 0.3) is 5.79 Å². The van der Waals surface area contributed by atoms with Crippen LogP contribution < -0.4 is 5.32 Å². The third-order valence-corrected chi connectivity index (χ3v) is 33.4. The number of carbonyl (C=O) groups is 2. The van der Waals surface area contributed by atoms with Crippen LogP contribution in [0, 0.1) is 0 Å². The summed E-state index contributed by atoms with van der Waals surface area (Å²) < 4.78 is 49.9. The van der Waals surface area contributed by atoms with E-state index in [1.165, 1.54) is 33.5 Å². The highest BCUT2D eigenvalue weighted by molar-refractivity contribution is 6.75. The van der Waals surface area contributed by atoms with Crippen LogP contribution >= 0.6 is 0 Å². The number of nitrogens with one attached hydrogen (secondary N) is 1. The minimum Gasteiger partial charge on any atom is -0.465 e. The van der Waals surface area contributed by atoms with Crippen LogP contribution in [0.1, 0.15) is 133 Å². The first-order chi connectivity index (χ1) is 27.9. The molecule has 62 heavy (non-hydrogen) atoms. The molecule has 1 aromatic heterocycles. The molecule has 13 nitrogen and oxygen atoms in total. The van der Waals surface area contributed by atoms with Gasteiger partial charge in [-0.2, -0.15) is 0 Å². The molecule has 0 spiro atoms. The van der Waals surface area contributed by atoms with Crippen LogP contribution in [0.4, 0.5) is 0 Å². The molecule has 2 aliphatic rings. The van der Waals surface area contributed by atoms with Crippen LogP contribution in [0.25, 0.3) is 0 Å². The first-order valence-electron chi connectivity index (χ1n) is 23.1. The Kier molecular flexibility index (Phi) is 17.7. The van der Waals surface area contributed by atoms with Gasteiger partial charge in [-0.15, -0.1) is 5.10 Å². The van der Waals surface area contributed by atoms with E-state index in [4.69, 9.17) is 31.9 Å². The van der Waals surface area contributed by atoms with Gasteiger partial charge in [0.2, 0.25) is 5.91 Å². The van der Waals surface area contributed by atoms with Crippen LogP contribution in [0.3, 0.4) is 0 Å². The molecule has 1 aliphatic carbocycles. The van der Waals surface area contributed by atoms with Gasteiger partial charge in [-0.3, -0.25) is 4.79 Å². The van der Waals surface area contributed by atoms with Crippen LogP contribution in [0.5, 0.6) is 0 Å². The van der Waals surface area contributed by atoms with Gasteiger partial charge in [-0.1, -0.05) is 108 Å². The number of amides is 1. The highest BCUT2D eigenvalue weighted by Gasteiger charge is 2.60. The zero-order valence-corrected chi connectivity index (χ0v) is 47.2. The van der Waals surface area contributed by atoms with Crippen molar-refractivity contribution < 1.29 is 41.5 Å². The lowest BCUT2D eigenvalue weighted by Gasteiger charge is -2.54. The normalized spacial score (nSPS) is 24.1. The molecule has 1 aromatic rings. The first kappa shape index (κ1) is 55.0. The van der Waals surface area contributed by atoms with E-state index < -0.39 is 75.5 Å². The number of hydrogen-bond donors (Lipinski definition) is 1. The summed E-state index contributed by atoms with van der Waals surface area (Å²) in [6, 6.07) is -0.820. The van der Waals surface area contributed by atoms with Crippen molar-refractivity contribution in [2.24, 2.45) is 0 Å². The molecule has 2 fully saturated rings. The lowest BCUT2D eigenvalue weighted by atomic mass is 9.87. The molecule has 1 saturated carbocycles. The standard InChI is InChI=1S/C45H90N4O9Si4/c1-41(2,3)59(15,16)54-31-35(57-61(19,20)43(7,8)9)38(58-62(21,22)44(10,11)12)39-37(46-36(50)30-49-29-33(47-48-49)32-26-24-23-25-27-32)34(56-60(17,18)42(4,5)6)28-45(53-14,55-39)40(51)52-13/h29,32,34-35,37-39H,23-28,30-31H2,1-22H3,(H,46,50)/t34-,35+,37+,38+,39+,45+/m0/s1. The van der Waals surface area contributed by atoms with E-state index in [0.717, 1.165) is 18.5 Å². The van der Waals surface area contributed by atoms with Crippen LogP contribution in [0.2, 0.25) is 72.5 Å². The molecule has 6 atom stereocenters. The average molecular weight is 944 g/mol. The van der Waals surface area contributed by atoms with E-state index >= 15 is 0 Å². The number of aromatic nitrogens is 3. The van der Waals surface area contributed by atoms with E-state index in [2.05, 4.69) is 151 Å². The van der Waals surface area contributed by atoms with Crippen molar-refractivity contribution in [1.29, 1.82) is 0 Å². The quantitative estimate of drug-likeness (QED) is 0.118. The summed E-state index contributed by atoms with van der Waals surface area (Å²) in [6.45, 7) is 44.3. The molecular formula is C45H90N4O9Si4. The predicted octanol–water partition coefficient (Wildman–Crippen LogP) is 10.3. The highest BCUT2D eigenvalue weighted by atomic mass is 28.4. The van der Waals surface area contributed by atoms with Crippen molar-refractivity contribution in [2.45, 2.75) is 243 Å². The van der Waals surface area contributed by atoms with Crippen molar-refractivity contribution >= 4 is 45.1 Å². The van der Waals surface area contributed by atoms with Crippen LogP contribution in [0.15, 0.2) is 6.20 Å². The van der Waals surface area contributed by atoms with Gasteiger partial charge in [0.15, 0.2) is 33.3 Å². The van der Waals surface area contributed by atoms with Gasteiger partial charge in [-0.05, 0) is 85.4 Å². The van der Waals surface area contributed by atoms with Gasteiger partial charge in [0.05, 0.1) is 37.7 Å². The first-order valence-corrected chi connectivity index (χ1v) is 34.8. The largest absolute Gasteiger partial charge is 0.465 e. The van der Waals surface area contributed by atoms with Gasteiger partial charge in [-0.25, -0.2) is 9.48 Å². The second-order valence-corrected chi connectivity index (χ2v) is 43.3. The maximum atomic E-state index is 14.6. The maximum absolute atomic E-state index is 14.6. The molecule has 1 saturated heterocycles. The van der Waals surface area contributed by atoms with Gasteiger partial charge >= 0.3 is 5.97 Å². The Morgan fingerprint density at radius 1 is 0.790 bits per heavy atom. The number of methoxy groups -OCH3 is 2. The Labute approximate surface area is 381 Å². The van der Waals surface area contributed by atoms with E-state index in [9.17, 15) is 9.59 Å². The number of carbonyl (C=O) groups excluding carboxylic acids is 2. The monoisotopic (exact) mass is 943 g/mol. The van der Waals surface area contributed by atoms with Crippen LogP contribution in [-0.4, -0.2) is 117 Å². The zero-order chi connectivity index (χ0) is 47.7. The van der Waals surface area contributed by atoms with E-state index in [1.807, 2.05) is 6.20 Å². The lowest BCUT2D eigenvalue weighted by Crippen LogP contribution is -2.71. The lowest BCUT2D eigenvalue weighted by molar-refractivity contribution is -0.302. The third-order valence-electron chi connectivity index (χ3n) is 15.4. The van der Waals surface area contributed by atoms with Crippen molar-refractivity contribution in [3.63, 3.8) is 0 Å². The summed E-state index contributed by atoms with van der Waals surface area (Å²) in [5, 5.41) is 11.6. The smallest absolute Gasteiger partial charge is 0.366 e. The number of ether oxygens (including phenoxy) is 3. The van der Waals surface area contributed by atoms with Gasteiger partial charge in [0, 0.05) is 25.6 Å². The number of esters is 1. The zero-order valence-electron chi connectivity index (χ0n) is 43.2. The summed E-state index contributed by atoms with van der Waals surface area (Å²) in [6.07, 6.45) is 4.31.